The Kier molecular flexibility index (Phi) is 10.2. The van der Waals surface area contributed by atoms with Gasteiger partial charge in [0.05, 0.1) is 6.61 Å². The average molecular weight is 271 g/mol. The lowest BCUT2D eigenvalue weighted by molar-refractivity contribution is -0.148. The van der Waals surface area contributed by atoms with Gasteiger partial charge in [0.25, 0.3) is 0 Å². The summed E-state index contributed by atoms with van der Waals surface area (Å²) in [4.78, 5) is 23.2. The summed E-state index contributed by atoms with van der Waals surface area (Å²) in [6.07, 6.45) is 6.05. The van der Waals surface area contributed by atoms with Gasteiger partial charge in [0.2, 0.25) is 5.91 Å². The van der Waals surface area contributed by atoms with Gasteiger partial charge in [-0.1, -0.05) is 46.5 Å². The first-order valence-electron chi connectivity index (χ1n) is 7.43. The van der Waals surface area contributed by atoms with Crippen LogP contribution in [0, 0.1) is 5.92 Å². The molecule has 0 saturated carbocycles. The van der Waals surface area contributed by atoms with Crippen LogP contribution in [-0.2, 0) is 14.3 Å². The summed E-state index contributed by atoms with van der Waals surface area (Å²) in [5.74, 6) is -0.107. The first kappa shape index (κ1) is 17.9. The zero-order valence-corrected chi connectivity index (χ0v) is 12.8. The van der Waals surface area contributed by atoms with Crippen LogP contribution in [0.5, 0.6) is 0 Å². The molecule has 0 unspecified atom stereocenters. The largest absolute Gasteiger partial charge is 0.464 e. The molecule has 0 radical (unpaired) electrons. The minimum Gasteiger partial charge on any atom is -0.464 e. The summed E-state index contributed by atoms with van der Waals surface area (Å²) in [5.41, 5.74) is 0. The number of unbranched alkanes of at least 4 members (excludes halogenated alkanes) is 4. The van der Waals surface area contributed by atoms with E-state index in [1.807, 2.05) is 13.8 Å². The highest BCUT2D eigenvalue weighted by atomic mass is 16.5. The van der Waals surface area contributed by atoms with Crippen LogP contribution in [0.15, 0.2) is 0 Å². The molecule has 0 saturated heterocycles. The number of carbonyl (C=O) groups is 2. The van der Waals surface area contributed by atoms with E-state index in [2.05, 4.69) is 12.2 Å². The summed E-state index contributed by atoms with van der Waals surface area (Å²) < 4.78 is 5.07. The number of hydrogen-bond donors (Lipinski definition) is 1. The minimum atomic E-state index is -0.554. The molecular weight excluding hydrogens is 242 g/mol. The van der Waals surface area contributed by atoms with E-state index in [1.54, 1.807) is 6.92 Å². The van der Waals surface area contributed by atoms with Gasteiger partial charge < -0.3 is 10.1 Å². The number of rotatable bonds is 10. The summed E-state index contributed by atoms with van der Waals surface area (Å²) in [7, 11) is 0. The molecule has 4 nitrogen and oxygen atoms in total. The van der Waals surface area contributed by atoms with Crippen LogP contribution in [0.1, 0.15) is 66.2 Å². The molecule has 0 aromatic heterocycles. The third-order valence-corrected chi connectivity index (χ3v) is 2.80. The van der Waals surface area contributed by atoms with Crippen molar-refractivity contribution in [1.82, 2.24) is 5.32 Å². The second kappa shape index (κ2) is 10.8. The fourth-order valence-corrected chi connectivity index (χ4v) is 1.64. The number of hydrogen-bond acceptors (Lipinski definition) is 3. The van der Waals surface area contributed by atoms with Crippen molar-refractivity contribution in [3.05, 3.63) is 0 Å². The lowest BCUT2D eigenvalue weighted by Gasteiger charge is -2.14. The van der Waals surface area contributed by atoms with Crippen molar-refractivity contribution in [1.29, 1.82) is 0 Å². The Bertz CT molecular complexity index is 264. The first-order chi connectivity index (χ1) is 8.97. The molecule has 0 heterocycles. The monoisotopic (exact) mass is 271 g/mol. The third-order valence-electron chi connectivity index (χ3n) is 2.80. The summed E-state index contributed by atoms with van der Waals surface area (Å²) in [6, 6.07) is -0.554. The first-order valence-corrected chi connectivity index (χ1v) is 7.43. The number of nitrogens with one attached hydrogen (secondary N) is 1. The Morgan fingerprint density at radius 1 is 1.05 bits per heavy atom. The highest BCUT2D eigenvalue weighted by Crippen LogP contribution is 2.05. The average Bonchev–Trinajstić information content (AvgIpc) is 2.35. The Balaban J connectivity index is 3.70. The van der Waals surface area contributed by atoms with E-state index < -0.39 is 6.04 Å². The van der Waals surface area contributed by atoms with Crippen LogP contribution in [0.3, 0.4) is 0 Å². The molecule has 0 aliphatic carbocycles. The van der Waals surface area contributed by atoms with E-state index in [-0.39, 0.29) is 11.9 Å². The van der Waals surface area contributed by atoms with Crippen molar-refractivity contribution in [2.75, 3.05) is 6.61 Å². The van der Waals surface area contributed by atoms with Gasteiger partial charge in [-0.2, -0.15) is 0 Å². The van der Waals surface area contributed by atoms with Crippen LogP contribution >= 0.6 is 0 Å². The fraction of sp³-hybridized carbons (Fsp3) is 0.867. The highest BCUT2D eigenvalue weighted by molar-refractivity contribution is 5.84. The third kappa shape index (κ3) is 10.5. The predicted molar refractivity (Wildman–Crippen MR) is 76.8 cm³/mol. The quantitative estimate of drug-likeness (QED) is 0.491. The molecule has 0 aromatic rings. The molecular formula is C15H29NO3. The van der Waals surface area contributed by atoms with Gasteiger partial charge in [-0.05, 0) is 19.3 Å². The molecule has 0 aromatic carbocycles. The van der Waals surface area contributed by atoms with Crippen LogP contribution < -0.4 is 5.32 Å². The number of carbonyl (C=O) groups excluding carboxylic acids is 2. The summed E-state index contributed by atoms with van der Waals surface area (Å²) >= 11 is 0. The van der Waals surface area contributed by atoms with Gasteiger partial charge in [0.15, 0.2) is 0 Å². The van der Waals surface area contributed by atoms with Gasteiger partial charge in [0.1, 0.15) is 6.04 Å². The van der Waals surface area contributed by atoms with Crippen molar-refractivity contribution in [2.45, 2.75) is 72.3 Å². The number of esters is 1. The summed E-state index contributed by atoms with van der Waals surface area (Å²) in [6.45, 7) is 8.19. The Morgan fingerprint density at radius 2 is 1.68 bits per heavy atom. The van der Waals surface area contributed by atoms with Crippen LogP contribution in [0.4, 0.5) is 0 Å². The normalized spacial score (nSPS) is 12.3. The SMILES string of the molecule is CCCCCCCC(=O)N[C@@H](C)C(=O)OCC(C)C. The molecule has 1 amide bonds. The van der Waals surface area contributed by atoms with Crippen molar-refractivity contribution in [3.63, 3.8) is 0 Å². The number of amides is 1. The zero-order valence-electron chi connectivity index (χ0n) is 12.8. The van der Waals surface area contributed by atoms with Crippen LogP contribution in [-0.4, -0.2) is 24.5 Å². The maximum Gasteiger partial charge on any atom is 0.328 e. The van der Waals surface area contributed by atoms with Gasteiger partial charge >= 0.3 is 5.97 Å². The molecule has 0 bridgehead atoms. The molecule has 0 rings (SSSR count). The zero-order chi connectivity index (χ0) is 14.7. The summed E-state index contributed by atoms with van der Waals surface area (Å²) in [5, 5.41) is 2.68. The van der Waals surface area contributed by atoms with Crippen molar-refractivity contribution in [2.24, 2.45) is 5.92 Å². The van der Waals surface area contributed by atoms with E-state index in [0.29, 0.717) is 18.9 Å². The van der Waals surface area contributed by atoms with Crippen molar-refractivity contribution < 1.29 is 14.3 Å². The maximum atomic E-state index is 11.6. The molecule has 112 valence electrons. The Hall–Kier alpha value is -1.06. The second-order valence-electron chi connectivity index (χ2n) is 5.48. The molecule has 1 atom stereocenters. The van der Waals surface area contributed by atoms with E-state index in [0.717, 1.165) is 12.8 Å². The molecule has 0 fully saturated rings. The fourth-order valence-electron chi connectivity index (χ4n) is 1.64. The van der Waals surface area contributed by atoms with Gasteiger partial charge in [-0.3, -0.25) is 4.79 Å². The van der Waals surface area contributed by atoms with Gasteiger partial charge in [-0.15, -0.1) is 0 Å². The molecule has 19 heavy (non-hydrogen) atoms. The van der Waals surface area contributed by atoms with E-state index >= 15 is 0 Å². The van der Waals surface area contributed by atoms with Crippen molar-refractivity contribution >= 4 is 11.9 Å². The van der Waals surface area contributed by atoms with Crippen LogP contribution in [0.2, 0.25) is 0 Å². The molecule has 0 aliphatic heterocycles. The van der Waals surface area contributed by atoms with Gasteiger partial charge in [0, 0.05) is 6.42 Å². The Morgan fingerprint density at radius 3 is 2.26 bits per heavy atom. The topological polar surface area (TPSA) is 55.4 Å². The molecule has 0 spiro atoms. The number of ether oxygens (including phenoxy) is 1. The van der Waals surface area contributed by atoms with Gasteiger partial charge in [-0.25, -0.2) is 4.79 Å². The smallest absolute Gasteiger partial charge is 0.328 e. The molecule has 0 aliphatic rings. The minimum absolute atomic E-state index is 0.0644. The standard InChI is InChI=1S/C15H29NO3/c1-5-6-7-8-9-10-14(17)16-13(4)15(18)19-11-12(2)3/h12-13H,5-11H2,1-4H3,(H,16,17)/t13-/m0/s1. The van der Waals surface area contributed by atoms with E-state index in [4.69, 9.17) is 4.74 Å². The Labute approximate surface area is 117 Å². The van der Waals surface area contributed by atoms with Crippen molar-refractivity contribution in [3.8, 4) is 0 Å². The predicted octanol–water partition coefficient (Wildman–Crippen LogP) is 3.05. The lowest BCUT2D eigenvalue weighted by atomic mass is 10.1. The highest BCUT2D eigenvalue weighted by Gasteiger charge is 2.16. The second-order valence-corrected chi connectivity index (χ2v) is 5.48. The van der Waals surface area contributed by atoms with Crippen LogP contribution in [0.25, 0.3) is 0 Å². The molecule has 4 heteroatoms. The van der Waals surface area contributed by atoms with E-state index in [9.17, 15) is 9.59 Å². The molecule has 1 N–H and O–H groups in total. The van der Waals surface area contributed by atoms with E-state index in [1.165, 1.54) is 19.3 Å². The maximum absolute atomic E-state index is 11.6. The lowest BCUT2D eigenvalue weighted by Crippen LogP contribution is -2.39.